The summed E-state index contributed by atoms with van der Waals surface area (Å²) in [5, 5.41) is 5.71. The van der Waals surface area contributed by atoms with Crippen molar-refractivity contribution in [2.45, 2.75) is 71.4 Å². The first-order valence-corrected chi connectivity index (χ1v) is 13.8. The monoisotopic (exact) mass is 545 g/mol. The lowest BCUT2D eigenvalue weighted by molar-refractivity contribution is -0.127. The third kappa shape index (κ3) is 16.8. The maximum absolute atomic E-state index is 12.1. The van der Waals surface area contributed by atoms with Gasteiger partial charge in [-0.25, -0.2) is 0 Å². The van der Waals surface area contributed by atoms with Gasteiger partial charge in [-0.3, -0.25) is 15.4 Å². The molecule has 38 heavy (non-hydrogen) atoms. The van der Waals surface area contributed by atoms with E-state index in [1.807, 2.05) is 6.92 Å². The van der Waals surface area contributed by atoms with E-state index >= 15 is 0 Å². The molecule has 0 saturated heterocycles. The van der Waals surface area contributed by atoms with E-state index in [9.17, 15) is 9.59 Å². The number of allylic oxidation sites excluding steroid dienone is 1. The van der Waals surface area contributed by atoms with Crippen molar-refractivity contribution in [3.05, 3.63) is 11.4 Å². The predicted molar refractivity (Wildman–Crippen MR) is 145 cm³/mol. The van der Waals surface area contributed by atoms with Crippen LogP contribution in [0, 0.1) is 5.92 Å². The Hall–Kier alpha value is -1.96. The molecule has 0 aliphatic heterocycles. The minimum atomic E-state index is -0.299. The molecule has 0 radical (unpaired) electrons. The number of hydrazine groups is 1. The van der Waals surface area contributed by atoms with Gasteiger partial charge in [-0.1, -0.05) is 26.7 Å². The molecule has 2 amide bonds. The zero-order chi connectivity index (χ0) is 28.0. The van der Waals surface area contributed by atoms with Gasteiger partial charge in [-0.05, 0) is 32.1 Å². The number of carbonyl (C=O) groups is 2. The SMILES string of the molecule is CC(C)C(C)NC(=O)CCOCCOCCOCCOCCNC(=O)COC1CCCCC/C(N)=C\1NN. The van der Waals surface area contributed by atoms with E-state index in [1.54, 1.807) is 0 Å². The van der Waals surface area contributed by atoms with Crippen LogP contribution in [0.1, 0.15) is 59.3 Å². The van der Waals surface area contributed by atoms with Crippen LogP contribution < -0.4 is 27.6 Å². The number of amides is 2. The van der Waals surface area contributed by atoms with Gasteiger partial charge in [0.1, 0.15) is 12.7 Å². The average molecular weight is 546 g/mol. The molecule has 0 spiro atoms. The largest absolute Gasteiger partial charge is 0.401 e. The van der Waals surface area contributed by atoms with Crippen LogP contribution in [0.3, 0.4) is 0 Å². The Balaban J connectivity index is 1.91. The maximum atomic E-state index is 12.1. The average Bonchev–Trinajstić information content (AvgIpc) is 2.87. The van der Waals surface area contributed by atoms with E-state index in [4.69, 9.17) is 35.3 Å². The number of carbonyl (C=O) groups excluding carboxylic acids is 2. The Morgan fingerprint density at radius 1 is 0.868 bits per heavy atom. The van der Waals surface area contributed by atoms with Gasteiger partial charge in [0, 0.05) is 24.7 Å². The van der Waals surface area contributed by atoms with Crippen molar-refractivity contribution in [3.63, 3.8) is 0 Å². The van der Waals surface area contributed by atoms with Crippen molar-refractivity contribution >= 4 is 11.8 Å². The fourth-order valence-electron chi connectivity index (χ4n) is 3.57. The van der Waals surface area contributed by atoms with E-state index in [0.717, 1.165) is 32.1 Å². The van der Waals surface area contributed by atoms with Crippen LogP contribution in [-0.4, -0.2) is 90.0 Å². The van der Waals surface area contributed by atoms with E-state index in [0.29, 0.717) is 83.1 Å². The highest BCUT2D eigenvalue weighted by molar-refractivity contribution is 5.77. The molecule has 0 aromatic carbocycles. The summed E-state index contributed by atoms with van der Waals surface area (Å²) >= 11 is 0. The summed E-state index contributed by atoms with van der Waals surface area (Å²) in [5.41, 5.74) is 10.1. The van der Waals surface area contributed by atoms with E-state index in [1.165, 1.54) is 0 Å². The van der Waals surface area contributed by atoms with Crippen LogP contribution in [0.4, 0.5) is 0 Å². The molecule has 12 nitrogen and oxygen atoms in total. The Labute approximate surface area is 227 Å². The summed E-state index contributed by atoms with van der Waals surface area (Å²) in [4.78, 5) is 23.8. The summed E-state index contributed by atoms with van der Waals surface area (Å²) in [6, 6.07) is 0.158. The number of hydrogen-bond donors (Lipinski definition) is 5. The minimum Gasteiger partial charge on any atom is -0.401 e. The lowest BCUT2D eigenvalue weighted by Gasteiger charge is -2.24. The first kappa shape index (κ1) is 34.1. The third-order valence-electron chi connectivity index (χ3n) is 6.20. The van der Waals surface area contributed by atoms with Gasteiger partial charge in [0.25, 0.3) is 0 Å². The predicted octanol–water partition coefficient (Wildman–Crippen LogP) is 0.703. The van der Waals surface area contributed by atoms with Crippen molar-refractivity contribution < 1.29 is 33.3 Å². The van der Waals surface area contributed by atoms with Gasteiger partial charge in [-0.2, -0.15) is 0 Å². The van der Waals surface area contributed by atoms with Gasteiger partial charge < -0.3 is 45.5 Å². The first-order valence-electron chi connectivity index (χ1n) is 13.8. The number of rotatable bonds is 21. The van der Waals surface area contributed by atoms with Crippen LogP contribution in [0.15, 0.2) is 11.4 Å². The molecule has 2 atom stereocenters. The first-order chi connectivity index (χ1) is 18.3. The van der Waals surface area contributed by atoms with E-state index in [2.05, 4.69) is 29.9 Å². The molecule has 7 N–H and O–H groups in total. The van der Waals surface area contributed by atoms with Crippen LogP contribution in [-0.2, 0) is 33.3 Å². The van der Waals surface area contributed by atoms with Gasteiger partial charge in [0.15, 0.2) is 0 Å². The zero-order valence-electron chi connectivity index (χ0n) is 23.6. The minimum absolute atomic E-state index is 0.00211. The lowest BCUT2D eigenvalue weighted by Crippen LogP contribution is -2.38. The quantitative estimate of drug-likeness (QED) is 0.0786. The highest BCUT2D eigenvalue weighted by Gasteiger charge is 2.20. The van der Waals surface area contributed by atoms with E-state index < -0.39 is 0 Å². The highest BCUT2D eigenvalue weighted by Crippen LogP contribution is 2.21. The van der Waals surface area contributed by atoms with E-state index in [-0.39, 0.29) is 30.6 Å². The van der Waals surface area contributed by atoms with Crippen molar-refractivity contribution in [1.29, 1.82) is 0 Å². The van der Waals surface area contributed by atoms with Gasteiger partial charge in [0.2, 0.25) is 11.8 Å². The second-order valence-electron chi connectivity index (χ2n) is 9.63. The maximum Gasteiger partial charge on any atom is 0.246 e. The summed E-state index contributed by atoms with van der Waals surface area (Å²) < 4.78 is 27.5. The second kappa shape index (κ2) is 21.9. The van der Waals surface area contributed by atoms with Crippen LogP contribution in [0.2, 0.25) is 0 Å². The normalized spacial score (nSPS) is 19.0. The Kier molecular flexibility index (Phi) is 19.6. The van der Waals surface area contributed by atoms with Crippen LogP contribution in [0.5, 0.6) is 0 Å². The Bertz CT molecular complexity index is 678. The summed E-state index contributed by atoms with van der Waals surface area (Å²) in [7, 11) is 0. The molecule has 0 heterocycles. The van der Waals surface area contributed by atoms with Crippen LogP contribution in [0.25, 0.3) is 0 Å². The number of hydrogen-bond acceptors (Lipinski definition) is 10. The highest BCUT2D eigenvalue weighted by atomic mass is 16.6. The fourth-order valence-corrected chi connectivity index (χ4v) is 3.57. The van der Waals surface area contributed by atoms with Gasteiger partial charge in [-0.15, -0.1) is 0 Å². The number of nitrogens with one attached hydrogen (secondary N) is 3. The van der Waals surface area contributed by atoms with Crippen molar-refractivity contribution in [2.75, 3.05) is 66.0 Å². The van der Waals surface area contributed by atoms with Gasteiger partial charge >= 0.3 is 0 Å². The molecule has 0 aromatic rings. The molecule has 222 valence electrons. The van der Waals surface area contributed by atoms with Gasteiger partial charge in [0.05, 0.1) is 58.6 Å². The second-order valence-corrected chi connectivity index (χ2v) is 9.63. The molecule has 0 bridgehead atoms. The summed E-state index contributed by atoms with van der Waals surface area (Å²) in [6.07, 6.45) is 4.70. The fraction of sp³-hybridized carbons (Fsp3) is 0.846. The zero-order valence-corrected chi connectivity index (χ0v) is 23.6. The summed E-state index contributed by atoms with van der Waals surface area (Å²) in [5.74, 6) is 5.81. The molecule has 12 heteroatoms. The van der Waals surface area contributed by atoms with Crippen molar-refractivity contribution in [3.8, 4) is 0 Å². The molecule has 1 rings (SSSR count). The molecule has 0 saturated carbocycles. The number of nitrogens with two attached hydrogens (primary N) is 2. The Morgan fingerprint density at radius 3 is 2.08 bits per heavy atom. The molecule has 0 fully saturated rings. The standard InChI is InChI=1S/C26H51N5O7/c1-20(2)21(3)30-24(32)9-11-34-13-15-36-17-18-37-16-14-35-12-10-29-25(33)19-38-23-8-6-4-5-7-22(27)26(23)31-28/h20-21,23,31H,4-19,27-28H2,1-3H3,(H,29,33)(H,30,32)/b26-22-. The number of ether oxygens (including phenoxy) is 5. The van der Waals surface area contributed by atoms with Crippen LogP contribution >= 0.6 is 0 Å². The molecule has 1 aliphatic rings. The Morgan fingerprint density at radius 2 is 1.47 bits per heavy atom. The van der Waals surface area contributed by atoms with Crippen molar-refractivity contribution in [1.82, 2.24) is 16.1 Å². The third-order valence-corrected chi connectivity index (χ3v) is 6.20. The molecule has 2 unspecified atom stereocenters. The molecular weight excluding hydrogens is 494 g/mol. The topological polar surface area (TPSA) is 168 Å². The molecule has 1 aliphatic carbocycles. The lowest BCUT2D eigenvalue weighted by atomic mass is 9.99. The van der Waals surface area contributed by atoms with Crippen molar-refractivity contribution in [2.24, 2.45) is 17.5 Å². The molecule has 0 aromatic heterocycles. The smallest absolute Gasteiger partial charge is 0.246 e. The molecular formula is C26H51N5O7. The summed E-state index contributed by atoms with van der Waals surface area (Å²) in [6.45, 7) is 9.85.